The molecule has 0 spiro atoms. The molecule has 1 aromatic heterocycles. The van der Waals surface area contributed by atoms with Crippen LogP contribution in [0.25, 0.3) is 0 Å². The molecule has 78 valence electrons. The van der Waals surface area contributed by atoms with Crippen LogP contribution in [-0.2, 0) is 17.9 Å². The van der Waals surface area contributed by atoms with Crippen LogP contribution in [-0.4, -0.2) is 6.10 Å². The predicted molar refractivity (Wildman–Crippen MR) is 59.4 cm³/mol. The van der Waals surface area contributed by atoms with Gasteiger partial charge in [0.15, 0.2) is 0 Å². The van der Waals surface area contributed by atoms with Gasteiger partial charge >= 0.3 is 0 Å². The molecule has 0 atom stereocenters. The lowest BCUT2D eigenvalue weighted by atomic mass is 9.96. The lowest BCUT2D eigenvalue weighted by Gasteiger charge is -2.25. The molecule has 1 fully saturated rings. The molecular formula is C11H17NOS. The zero-order valence-electron chi connectivity index (χ0n) is 8.58. The van der Waals surface area contributed by atoms with Crippen LogP contribution in [0.3, 0.4) is 0 Å². The van der Waals surface area contributed by atoms with Gasteiger partial charge in [0, 0.05) is 16.3 Å². The Balaban J connectivity index is 1.90. The summed E-state index contributed by atoms with van der Waals surface area (Å²) in [6.45, 7) is 3.56. The second-order valence-electron chi connectivity index (χ2n) is 3.86. The lowest BCUT2D eigenvalue weighted by molar-refractivity contribution is -0.00871. The van der Waals surface area contributed by atoms with Gasteiger partial charge in [-0.15, -0.1) is 11.3 Å². The first-order chi connectivity index (χ1) is 6.79. The van der Waals surface area contributed by atoms with Gasteiger partial charge in [-0.05, 0) is 37.8 Å². The molecule has 2 nitrogen and oxygen atoms in total. The topological polar surface area (TPSA) is 35.2 Å². The average molecular weight is 211 g/mol. The molecule has 0 aromatic carbocycles. The number of ether oxygens (including phenoxy) is 1. The molecule has 14 heavy (non-hydrogen) atoms. The number of nitrogens with two attached hydrogens (primary N) is 1. The molecule has 0 amide bonds. The van der Waals surface area contributed by atoms with Crippen LogP contribution in [0, 0.1) is 6.92 Å². The Bertz CT molecular complexity index is 304. The Hall–Kier alpha value is -0.380. The second kappa shape index (κ2) is 4.43. The first kappa shape index (κ1) is 10.1. The summed E-state index contributed by atoms with van der Waals surface area (Å²) in [7, 11) is 0. The molecule has 0 saturated heterocycles. The smallest absolute Gasteiger partial charge is 0.0731 e. The summed E-state index contributed by atoms with van der Waals surface area (Å²) >= 11 is 1.79. The molecule has 2 rings (SSSR count). The van der Waals surface area contributed by atoms with Crippen molar-refractivity contribution >= 4 is 11.3 Å². The highest BCUT2D eigenvalue weighted by molar-refractivity contribution is 7.12. The Morgan fingerprint density at radius 3 is 2.86 bits per heavy atom. The minimum atomic E-state index is 0.524. The quantitative estimate of drug-likeness (QED) is 0.830. The summed E-state index contributed by atoms with van der Waals surface area (Å²) < 4.78 is 5.77. The minimum Gasteiger partial charge on any atom is -0.374 e. The maximum absolute atomic E-state index is 5.77. The molecule has 2 N–H and O–H groups in total. The van der Waals surface area contributed by atoms with Gasteiger partial charge in [-0.1, -0.05) is 0 Å². The van der Waals surface area contributed by atoms with Crippen molar-refractivity contribution < 1.29 is 4.74 Å². The summed E-state index contributed by atoms with van der Waals surface area (Å²) in [6.07, 6.45) is 4.34. The molecule has 1 saturated carbocycles. The molecule has 1 aliphatic carbocycles. The SMILES string of the molecule is Cc1sc(CN)cc1COC1CCC1. The van der Waals surface area contributed by atoms with Crippen LogP contribution in [0.4, 0.5) is 0 Å². The van der Waals surface area contributed by atoms with E-state index in [1.54, 1.807) is 11.3 Å². The highest BCUT2D eigenvalue weighted by Gasteiger charge is 2.18. The van der Waals surface area contributed by atoms with E-state index in [0.29, 0.717) is 12.6 Å². The zero-order valence-corrected chi connectivity index (χ0v) is 9.40. The summed E-state index contributed by atoms with van der Waals surface area (Å²) in [5.74, 6) is 0. The summed E-state index contributed by atoms with van der Waals surface area (Å²) in [6, 6.07) is 2.18. The molecule has 0 bridgehead atoms. The maximum Gasteiger partial charge on any atom is 0.0731 e. The predicted octanol–water partition coefficient (Wildman–Crippen LogP) is 2.58. The summed E-state index contributed by atoms with van der Waals surface area (Å²) in [5.41, 5.74) is 6.92. The zero-order chi connectivity index (χ0) is 9.97. The molecule has 0 radical (unpaired) electrons. The Labute approximate surface area is 89.1 Å². The fourth-order valence-electron chi connectivity index (χ4n) is 1.58. The van der Waals surface area contributed by atoms with Crippen LogP contribution < -0.4 is 5.73 Å². The minimum absolute atomic E-state index is 0.524. The van der Waals surface area contributed by atoms with E-state index in [1.807, 2.05) is 0 Å². The van der Waals surface area contributed by atoms with E-state index < -0.39 is 0 Å². The molecule has 1 aliphatic rings. The van der Waals surface area contributed by atoms with Gasteiger partial charge in [-0.25, -0.2) is 0 Å². The second-order valence-corrected chi connectivity index (χ2v) is 5.20. The van der Waals surface area contributed by atoms with Crippen molar-refractivity contribution in [2.45, 2.75) is 45.4 Å². The monoisotopic (exact) mass is 211 g/mol. The molecule has 1 aromatic rings. The van der Waals surface area contributed by atoms with E-state index in [0.717, 1.165) is 6.61 Å². The van der Waals surface area contributed by atoms with Gasteiger partial charge < -0.3 is 10.5 Å². The van der Waals surface area contributed by atoms with E-state index in [2.05, 4.69) is 13.0 Å². The van der Waals surface area contributed by atoms with E-state index in [9.17, 15) is 0 Å². The van der Waals surface area contributed by atoms with E-state index >= 15 is 0 Å². The van der Waals surface area contributed by atoms with Crippen molar-refractivity contribution in [3.63, 3.8) is 0 Å². The molecule has 0 aliphatic heterocycles. The lowest BCUT2D eigenvalue weighted by Crippen LogP contribution is -2.21. The fraction of sp³-hybridized carbons (Fsp3) is 0.636. The number of aryl methyl sites for hydroxylation is 1. The van der Waals surface area contributed by atoms with Gasteiger partial charge in [0.1, 0.15) is 0 Å². The molecule has 0 unspecified atom stereocenters. The first-order valence-electron chi connectivity index (χ1n) is 5.19. The average Bonchev–Trinajstić information content (AvgIpc) is 2.45. The number of hydrogen-bond donors (Lipinski definition) is 1. The molecule has 3 heteroatoms. The van der Waals surface area contributed by atoms with E-state index in [-0.39, 0.29) is 0 Å². The third kappa shape index (κ3) is 2.16. The third-order valence-electron chi connectivity index (χ3n) is 2.80. The Morgan fingerprint density at radius 2 is 2.36 bits per heavy atom. The highest BCUT2D eigenvalue weighted by atomic mass is 32.1. The van der Waals surface area contributed by atoms with Crippen LogP contribution in [0.2, 0.25) is 0 Å². The molecular weight excluding hydrogens is 194 g/mol. The number of hydrogen-bond acceptors (Lipinski definition) is 3. The van der Waals surface area contributed by atoms with Crippen molar-refractivity contribution in [3.05, 3.63) is 21.4 Å². The van der Waals surface area contributed by atoms with Gasteiger partial charge in [0.25, 0.3) is 0 Å². The van der Waals surface area contributed by atoms with Gasteiger partial charge in [-0.3, -0.25) is 0 Å². The summed E-state index contributed by atoms with van der Waals surface area (Å²) in [5, 5.41) is 0. The van der Waals surface area contributed by atoms with Crippen LogP contribution in [0.1, 0.15) is 34.6 Å². The van der Waals surface area contributed by atoms with Crippen LogP contribution >= 0.6 is 11.3 Å². The van der Waals surface area contributed by atoms with Crippen molar-refractivity contribution in [2.24, 2.45) is 5.73 Å². The van der Waals surface area contributed by atoms with Gasteiger partial charge in [0.05, 0.1) is 12.7 Å². The largest absolute Gasteiger partial charge is 0.374 e. The normalized spacial score (nSPS) is 17.0. The maximum atomic E-state index is 5.77. The van der Waals surface area contributed by atoms with E-state index in [1.165, 1.54) is 34.6 Å². The van der Waals surface area contributed by atoms with Crippen molar-refractivity contribution in [1.29, 1.82) is 0 Å². The van der Waals surface area contributed by atoms with Gasteiger partial charge in [-0.2, -0.15) is 0 Å². The van der Waals surface area contributed by atoms with Crippen molar-refractivity contribution in [1.82, 2.24) is 0 Å². The number of rotatable bonds is 4. The van der Waals surface area contributed by atoms with Crippen LogP contribution in [0.15, 0.2) is 6.07 Å². The highest BCUT2D eigenvalue weighted by Crippen LogP contribution is 2.26. The standard InChI is InChI=1S/C11H17NOS/c1-8-9(5-11(6-12)14-8)7-13-10-3-2-4-10/h5,10H,2-4,6-7,12H2,1H3. The van der Waals surface area contributed by atoms with Crippen molar-refractivity contribution in [3.8, 4) is 0 Å². The first-order valence-corrected chi connectivity index (χ1v) is 6.01. The van der Waals surface area contributed by atoms with Gasteiger partial charge in [0.2, 0.25) is 0 Å². The molecule has 1 heterocycles. The third-order valence-corrected chi connectivity index (χ3v) is 3.91. The fourth-order valence-corrected chi connectivity index (χ4v) is 2.50. The number of thiophene rings is 1. The summed E-state index contributed by atoms with van der Waals surface area (Å²) in [4.78, 5) is 2.61. The van der Waals surface area contributed by atoms with E-state index in [4.69, 9.17) is 10.5 Å². The Morgan fingerprint density at radius 1 is 1.57 bits per heavy atom. The van der Waals surface area contributed by atoms with Crippen molar-refractivity contribution in [2.75, 3.05) is 0 Å². The Kier molecular flexibility index (Phi) is 3.21. The van der Waals surface area contributed by atoms with Crippen LogP contribution in [0.5, 0.6) is 0 Å².